The molecule has 0 bridgehead atoms. The van der Waals surface area contributed by atoms with Gasteiger partial charge in [0.2, 0.25) is 0 Å². The molecule has 0 saturated heterocycles. The summed E-state index contributed by atoms with van der Waals surface area (Å²) >= 11 is 23.2. The van der Waals surface area contributed by atoms with Gasteiger partial charge < -0.3 is 10.1 Å². The molecule has 0 aromatic heterocycles. The van der Waals surface area contributed by atoms with Gasteiger partial charge in [0.1, 0.15) is 0 Å². The molecular formula is C15H9Cl4NO3. The summed E-state index contributed by atoms with van der Waals surface area (Å²) in [5.74, 6) is -1.22. The number of hydrogen-bond donors (Lipinski definition) is 1. The van der Waals surface area contributed by atoms with Crippen molar-refractivity contribution in [2.24, 2.45) is 0 Å². The van der Waals surface area contributed by atoms with Gasteiger partial charge in [0, 0.05) is 15.7 Å². The van der Waals surface area contributed by atoms with Crippen LogP contribution in [-0.2, 0) is 9.53 Å². The molecule has 0 heterocycles. The molecule has 4 nitrogen and oxygen atoms in total. The Kier molecular flexibility index (Phi) is 6.13. The van der Waals surface area contributed by atoms with Gasteiger partial charge in [0.05, 0.1) is 15.6 Å². The molecule has 0 atom stereocenters. The molecule has 2 rings (SSSR count). The molecule has 0 aliphatic heterocycles. The molecule has 2 aromatic rings. The Hall–Kier alpha value is -1.46. The highest BCUT2D eigenvalue weighted by molar-refractivity contribution is 6.42. The Morgan fingerprint density at radius 3 is 2.17 bits per heavy atom. The molecule has 0 fully saturated rings. The lowest BCUT2D eigenvalue weighted by atomic mass is 10.2. The predicted molar refractivity (Wildman–Crippen MR) is 91.8 cm³/mol. The van der Waals surface area contributed by atoms with Crippen LogP contribution in [0.1, 0.15) is 10.4 Å². The Morgan fingerprint density at radius 1 is 0.913 bits per heavy atom. The third-order valence-corrected chi connectivity index (χ3v) is 3.81. The SMILES string of the molecule is O=C(COC(=O)c1ccc(Cl)c(Cl)c1)Nc1cc(Cl)cc(Cl)c1. The average Bonchev–Trinajstić information content (AvgIpc) is 2.46. The van der Waals surface area contributed by atoms with Gasteiger partial charge in [-0.25, -0.2) is 4.79 Å². The number of esters is 1. The third-order valence-electron chi connectivity index (χ3n) is 2.64. The third kappa shape index (κ3) is 5.29. The Morgan fingerprint density at radius 2 is 1.57 bits per heavy atom. The highest BCUT2D eigenvalue weighted by Crippen LogP contribution is 2.23. The zero-order valence-electron chi connectivity index (χ0n) is 11.4. The van der Waals surface area contributed by atoms with Crippen molar-refractivity contribution in [2.45, 2.75) is 0 Å². The number of carbonyl (C=O) groups excluding carboxylic acids is 2. The van der Waals surface area contributed by atoms with E-state index in [9.17, 15) is 9.59 Å². The number of nitrogens with one attached hydrogen (secondary N) is 1. The summed E-state index contributed by atoms with van der Waals surface area (Å²) in [6.45, 7) is -0.469. The minimum Gasteiger partial charge on any atom is -0.452 e. The quantitative estimate of drug-likeness (QED) is 0.736. The second-order valence-corrected chi connectivity index (χ2v) is 6.10. The van der Waals surface area contributed by atoms with Crippen molar-refractivity contribution in [3.63, 3.8) is 0 Å². The van der Waals surface area contributed by atoms with Crippen LogP contribution in [0.4, 0.5) is 5.69 Å². The highest BCUT2D eigenvalue weighted by Gasteiger charge is 2.12. The van der Waals surface area contributed by atoms with Crippen LogP contribution in [0.3, 0.4) is 0 Å². The van der Waals surface area contributed by atoms with Crippen LogP contribution in [0.2, 0.25) is 20.1 Å². The zero-order valence-corrected chi connectivity index (χ0v) is 14.4. The smallest absolute Gasteiger partial charge is 0.338 e. The van der Waals surface area contributed by atoms with E-state index in [2.05, 4.69) is 5.32 Å². The van der Waals surface area contributed by atoms with Crippen molar-refractivity contribution < 1.29 is 14.3 Å². The second-order valence-electron chi connectivity index (χ2n) is 4.41. The van der Waals surface area contributed by atoms with Crippen molar-refractivity contribution in [3.05, 3.63) is 62.1 Å². The van der Waals surface area contributed by atoms with E-state index in [1.54, 1.807) is 0 Å². The summed E-state index contributed by atoms with van der Waals surface area (Å²) in [4.78, 5) is 23.6. The van der Waals surface area contributed by atoms with E-state index in [1.165, 1.54) is 36.4 Å². The van der Waals surface area contributed by atoms with Crippen LogP contribution in [0.5, 0.6) is 0 Å². The van der Waals surface area contributed by atoms with Crippen LogP contribution in [0, 0.1) is 0 Å². The molecule has 0 saturated carbocycles. The van der Waals surface area contributed by atoms with Gasteiger partial charge in [-0.3, -0.25) is 4.79 Å². The molecule has 0 unspecified atom stereocenters. The first-order valence-electron chi connectivity index (χ1n) is 6.23. The first-order chi connectivity index (χ1) is 10.8. The number of carbonyl (C=O) groups is 2. The fourth-order valence-electron chi connectivity index (χ4n) is 1.66. The number of halogens is 4. The van der Waals surface area contributed by atoms with Gasteiger partial charge in [-0.15, -0.1) is 0 Å². The second kappa shape index (κ2) is 7.88. The fourth-order valence-corrected chi connectivity index (χ4v) is 2.48. The summed E-state index contributed by atoms with van der Waals surface area (Å²) in [5.41, 5.74) is 0.594. The summed E-state index contributed by atoms with van der Waals surface area (Å²) in [7, 11) is 0. The minimum absolute atomic E-state index is 0.193. The van der Waals surface area contributed by atoms with Gasteiger partial charge in [-0.05, 0) is 36.4 Å². The molecule has 1 N–H and O–H groups in total. The van der Waals surface area contributed by atoms with Crippen molar-refractivity contribution >= 4 is 64.0 Å². The molecular weight excluding hydrogens is 384 g/mol. The Bertz CT molecular complexity index is 744. The van der Waals surface area contributed by atoms with Crippen LogP contribution in [0.25, 0.3) is 0 Å². The van der Waals surface area contributed by atoms with Crippen molar-refractivity contribution in [1.82, 2.24) is 0 Å². The van der Waals surface area contributed by atoms with Gasteiger partial charge in [0.25, 0.3) is 5.91 Å². The summed E-state index contributed by atoms with van der Waals surface area (Å²) in [6, 6.07) is 8.85. The van der Waals surface area contributed by atoms with Crippen molar-refractivity contribution in [1.29, 1.82) is 0 Å². The number of rotatable bonds is 4. The molecule has 2 aromatic carbocycles. The number of anilines is 1. The Balaban J connectivity index is 1.93. The molecule has 0 spiro atoms. The number of amides is 1. The standard InChI is InChI=1S/C15H9Cl4NO3/c16-9-4-10(17)6-11(5-9)20-14(21)7-23-15(22)8-1-2-12(18)13(19)3-8/h1-6H,7H2,(H,20,21). The van der Waals surface area contributed by atoms with Gasteiger partial charge in [-0.2, -0.15) is 0 Å². The first kappa shape index (κ1) is 17.9. The van der Waals surface area contributed by atoms with Crippen LogP contribution in [0.15, 0.2) is 36.4 Å². The fraction of sp³-hybridized carbons (Fsp3) is 0.0667. The lowest BCUT2D eigenvalue weighted by molar-refractivity contribution is -0.119. The lowest BCUT2D eigenvalue weighted by Gasteiger charge is -2.08. The molecule has 0 aliphatic rings. The highest BCUT2D eigenvalue weighted by atomic mass is 35.5. The Labute approximate surface area is 152 Å². The average molecular weight is 393 g/mol. The van der Waals surface area contributed by atoms with E-state index < -0.39 is 18.5 Å². The maximum atomic E-state index is 11.8. The first-order valence-corrected chi connectivity index (χ1v) is 7.74. The van der Waals surface area contributed by atoms with E-state index in [4.69, 9.17) is 51.1 Å². The summed E-state index contributed by atoms with van der Waals surface area (Å²) in [6.07, 6.45) is 0. The van der Waals surface area contributed by atoms with E-state index in [0.717, 1.165) is 0 Å². The summed E-state index contributed by atoms with van der Waals surface area (Å²) in [5, 5.41) is 3.81. The number of hydrogen-bond acceptors (Lipinski definition) is 3. The normalized spacial score (nSPS) is 10.3. The monoisotopic (exact) mass is 391 g/mol. The minimum atomic E-state index is -0.692. The predicted octanol–water partition coefficient (Wildman–Crippen LogP) is 5.10. The number of benzene rings is 2. The van der Waals surface area contributed by atoms with Gasteiger partial charge in [-0.1, -0.05) is 46.4 Å². The lowest BCUT2D eigenvalue weighted by Crippen LogP contribution is -2.20. The summed E-state index contributed by atoms with van der Waals surface area (Å²) < 4.78 is 4.90. The van der Waals surface area contributed by atoms with E-state index >= 15 is 0 Å². The van der Waals surface area contributed by atoms with Crippen LogP contribution in [-0.4, -0.2) is 18.5 Å². The molecule has 120 valence electrons. The zero-order chi connectivity index (χ0) is 17.0. The van der Waals surface area contributed by atoms with Crippen molar-refractivity contribution in [2.75, 3.05) is 11.9 Å². The topological polar surface area (TPSA) is 55.4 Å². The van der Waals surface area contributed by atoms with E-state index in [-0.39, 0.29) is 10.6 Å². The molecule has 23 heavy (non-hydrogen) atoms. The maximum Gasteiger partial charge on any atom is 0.338 e. The maximum absolute atomic E-state index is 11.8. The largest absolute Gasteiger partial charge is 0.452 e. The molecule has 0 aliphatic carbocycles. The molecule has 0 radical (unpaired) electrons. The van der Waals surface area contributed by atoms with Gasteiger partial charge in [0.15, 0.2) is 6.61 Å². The van der Waals surface area contributed by atoms with Crippen LogP contribution >= 0.6 is 46.4 Å². The van der Waals surface area contributed by atoms with Crippen molar-refractivity contribution in [3.8, 4) is 0 Å². The van der Waals surface area contributed by atoms with Gasteiger partial charge >= 0.3 is 5.97 Å². The molecule has 1 amide bonds. The van der Waals surface area contributed by atoms with E-state index in [0.29, 0.717) is 20.8 Å². The number of ether oxygens (including phenoxy) is 1. The molecule has 8 heteroatoms. The van der Waals surface area contributed by atoms with E-state index in [1.807, 2.05) is 0 Å². The van der Waals surface area contributed by atoms with Crippen LogP contribution < -0.4 is 5.32 Å².